The second-order valence-corrected chi connectivity index (χ2v) is 4.56. The van der Waals surface area contributed by atoms with Crippen LogP contribution in [-0.2, 0) is 31.9 Å². The zero-order valence-corrected chi connectivity index (χ0v) is 14.9. The van der Waals surface area contributed by atoms with E-state index in [0.717, 1.165) is 0 Å². The molecule has 0 saturated carbocycles. The number of aliphatic hydroxyl groups excluding tert-OH is 2. The van der Waals surface area contributed by atoms with E-state index in [9.17, 15) is 4.21 Å². The Kier molecular flexibility index (Phi) is 40.9. The summed E-state index contributed by atoms with van der Waals surface area (Å²) in [7, 11) is -0.611. The maximum atomic E-state index is 9.56. The van der Waals surface area contributed by atoms with E-state index >= 15 is 0 Å². The van der Waals surface area contributed by atoms with Gasteiger partial charge in [-0.25, -0.2) is 0 Å². The maximum absolute atomic E-state index is 9.56. The normalized spacial score (nSPS) is 11.9. The standard InChI is InChI=1S/C6H15N3O2.C2H6OS.2ClH.Pt/c7-1-5(10)3-9-4-6(11)2-8;1-4(2)3;;;/h5-7,10-11H,1-4,8H2;1-2H3;2*1H;/q-2;;;;+4/p-2. The van der Waals surface area contributed by atoms with Gasteiger partial charge in [-0.3, -0.25) is 4.21 Å². The second-order valence-electron chi connectivity index (χ2n) is 3.08. The molecule has 0 aliphatic rings. The number of hydrogen-bond donors (Lipinski definition) is 3. The largest absolute Gasteiger partial charge is 4.00 e. The van der Waals surface area contributed by atoms with Gasteiger partial charge in [0.2, 0.25) is 0 Å². The van der Waals surface area contributed by atoms with Crippen LogP contribution < -0.4 is 30.5 Å². The summed E-state index contributed by atoms with van der Waals surface area (Å²) < 4.78 is 9.56. The van der Waals surface area contributed by atoms with E-state index < -0.39 is 23.0 Å². The van der Waals surface area contributed by atoms with Crippen LogP contribution in [0.4, 0.5) is 0 Å². The molecule has 0 saturated heterocycles. The molecule has 0 spiro atoms. The molecule has 0 radical (unpaired) electrons. The molecule has 2 atom stereocenters. The molecule has 0 bridgehead atoms. The van der Waals surface area contributed by atoms with E-state index in [2.05, 4.69) is 5.32 Å². The predicted molar refractivity (Wildman–Crippen MR) is 63.3 cm³/mol. The van der Waals surface area contributed by atoms with Gasteiger partial charge < -0.3 is 51.8 Å². The Morgan fingerprint density at radius 2 is 1.56 bits per heavy atom. The molecule has 0 fully saturated rings. The van der Waals surface area contributed by atoms with Crippen molar-refractivity contribution in [2.75, 3.05) is 38.7 Å². The molecule has 0 amide bonds. The Labute approximate surface area is 138 Å². The number of nitrogens with zero attached hydrogens (tertiary/aromatic N) is 1. The fourth-order valence-electron chi connectivity index (χ4n) is 0.512. The van der Waals surface area contributed by atoms with Crippen LogP contribution in [0.5, 0.6) is 0 Å². The average molecular weight is 505 g/mol. The number of nitrogens with two attached hydrogens (primary N) is 1. The number of hydrogen-bond acceptors (Lipinski definition) is 4. The van der Waals surface area contributed by atoms with Gasteiger partial charge in [0.25, 0.3) is 0 Å². The molecule has 0 heterocycles. The second kappa shape index (κ2) is 23.3. The van der Waals surface area contributed by atoms with Crippen molar-refractivity contribution in [2.24, 2.45) is 5.73 Å². The third-order valence-electron chi connectivity index (χ3n) is 1.19. The summed E-state index contributed by atoms with van der Waals surface area (Å²) in [6, 6.07) is 0. The van der Waals surface area contributed by atoms with E-state index in [4.69, 9.17) is 21.7 Å². The molecule has 5 N–H and O–H groups in total. The number of aliphatic hydroxyl groups is 2. The Balaban J connectivity index is -0.0000000712. The first-order chi connectivity index (χ1) is 6.93. The Morgan fingerprint density at radius 1 is 1.22 bits per heavy atom. The van der Waals surface area contributed by atoms with Gasteiger partial charge in [0.15, 0.2) is 0 Å². The molecule has 6 nitrogen and oxygen atoms in total. The minimum Gasteiger partial charge on any atom is -1.00 e. The first-order valence-corrected chi connectivity index (χ1v) is 6.49. The maximum Gasteiger partial charge on any atom is 4.00 e. The average Bonchev–Trinajstić information content (AvgIpc) is 2.16. The van der Waals surface area contributed by atoms with Crippen molar-refractivity contribution in [3.05, 3.63) is 11.1 Å². The van der Waals surface area contributed by atoms with Crippen LogP contribution in [0, 0.1) is 0 Å². The fourth-order valence-corrected chi connectivity index (χ4v) is 0.512. The third kappa shape index (κ3) is 36.0. The van der Waals surface area contributed by atoms with Crippen LogP contribution in [0.1, 0.15) is 0 Å². The van der Waals surface area contributed by atoms with Crippen LogP contribution in [-0.4, -0.2) is 65.3 Å². The van der Waals surface area contributed by atoms with Gasteiger partial charge in [0.1, 0.15) is 0 Å². The summed E-state index contributed by atoms with van der Waals surface area (Å²) in [6.07, 6.45) is 1.95. The van der Waals surface area contributed by atoms with Gasteiger partial charge in [-0.1, -0.05) is 0 Å². The predicted octanol–water partition coefficient (Wildman–Crippen LogP) is -6.91. The summed E-state index contributed by atoms with van der Waals surface area (Å²) >= 11 is 0. The summed E-state index contributed by atoms with van der Waals surface area (Å²) in [5, 5.41) is 21.6. The van der Waals surface area contributed by atoms with E-state index in [1.807, 2.05) is 0 Å². The Bertz CT molecular complexity index is 161. The molecule has 0 aromatic rings. The molecular weight excluding hydrogens is 484 g/mol. The quantitative estimate of drug-likeness (QED) is 0.332. The molecule has 0 aliphatic carbocycles. The van der Waals surface area contributed by atoms with Gasteiger partial charge in [-0.05, 0) is 0 Å². The first kappa shape index (κ1) is 31.6. The summed E-state index contributed by atoms with van der Waals surface area (Å²) in [4.78, 5) is 0. The fraction of sp³-hybridized carbons (Fsp3) is 1.00. The molecule has 0 aromatic carbocycles. The third-order valence-corrected chi connectivity index (χ3v) is 1.19. The van der Waals surface area contributed by atoms with Gasteiger partial charge in [-0.15, -0.1) is 19.6 Å². The van der Waals surface area contributed by atoms with Crippen LogP contribution in [0.25, 0.3) is 11.1 Å². The number of halogens is 2. The van der Waals surface area contributed by atoms with Crippen LogP contribution in [0.3, 0.4) is 0 Å². The van der Waals surface area contributed by atoms with Crippen molar-refractivity contribution in [1.29, 1.82) is 0 Å². The minimum absolute atomic E-state index is 0. The number of rotatable bonds is 6. The number of nitrogens with one attached hydrogen (secondary N) is 1. The van der Waals surface area contributed by atoms with E-state index in [1.54, 1.807) is 12.5 Å². The van der Waals surface area contributed by atoms with Gasteiger partial charge in [0.05, 0.1) is 0 Å². The molecule has 0 rings (SSSR count). The first-order valence-electron chi connectivity index (χ1n) is 4.53. The summed E-state index contributed by atoms with van der Waals surface area (Å²) in [5.74, 6) is 0. The molecule has 0 aliphatic heterocycles. The van der Waals surface area contributed by atoms with Crippen molar-refractivity contribution in [3.8, 4) is 0 Å². The smallest absolute Gasteiger partial charge is 1.00 e. The van der Waals surface area contributed by atoms with Crippen LogP contribution in [0.15, 0.2) is 0 Å². The minimum atomic E-state index is -0.708. The topological polar surface area (TPSA) is 121 Å². The molecular formula is C8H21Cl2N3O3PtS. The van der Waals surface area contributed by atoms with Gasteiger partial charge >= 0.3 is 21.1 Å². The SMILES string of the molecule is CS(C)=O.[Cl-].[Cl-].[NH-]CC(O)C[N-]CC(O)CN.[Pt+4]. The van der Waals surface area contributed by atoms with Crippen LogP contribution in [0.2, 0.25) is 0 Å². The Morgan fingerprint density at radius 3 is 1.83 bits per heavy atom. The molecule has 18 heavy (non-hydrogen) atoms. The molecule has 116 valence electrons. The van der Waals surface area contributed by atoms with Crippen molar-refractivity contribution in [1.82, 2.24) is 0 Å². The van der Waals surface area contributed by atoms with E-state index in [0.29, 0.717) is 0 Å². The zero-order valence-electron chi connectivity index (χ0n) is 10.3. The summed E-state index contributed by atoms with van der Waals surface area (Å²) in [6.45, 7) is 0.580. The van der Waals surface area contributed by atoms with E-state index in [1.165, 1.54) is 0 Å². The van der Waals surface area contributed by atoms with Crippen LogP contribution >= 0.6 is 0 Å². The molecule has 2 unspecified atom stereocenters. The van der Waals surface area contributed by atoms with Gasteiger partial charge in [0, 0.05) is 42.1 Å². The zero-order chi connectivity index (χ0) is 12.3. The van der Waals surface area contributed by atoms with Gasteiger partial charge in [-0.2, -0.15) is 0 Å². The Hall–Kier alpha value is 1.22. The van der Waals surface area contributed by atoms with Crippen molar-refractivity contribution in [2.45, 2.75) is 12.2 Å². The molecule has 0 aromatic heterocycles. The van der Waals surface area contributed by atoms with E-state index in [-0.39, 0.29) is 72.1 Å². The van der Waals surface area contributed by atoms with Crippen molar-refractivity contribution < 1.29 is 60.3 Å². The van der Waals surface area contributed by atoms with Crippen molar-refractivity contribution >= 4 is 10.8 Å². The molecule has 10 heteroatoms. The van der Waals surface area contributed by atoms with Crippen molar-refractivity contribution in [3.63, 3.8) is 0 Å². The summed E-state index contributed by atoms with van der Waals surface area (Å²) in [5.41, 5.74) is 11.9. The monoisotopic (exact) mass is 504 g/mol.